The molecule has 1 aliphatic rings. The van der Waals surface area contributed by atoms with Crippen molar-refractivity contribution in [1.82, 2.24) is 13.9 Å². The van der Waals surface area contributed by atoms with E-state index < -0.39 is 10.2 Å². The van der Waals surface area contributed by atoms with Gasteiger partial charge in [-0.3, -0.25) is 0 Å². The van der Waals surface area contributed by atoms with Gasteiger partial charge in [0.2, 0.25) is 0 Å². The summed E-state index contributed by atoms with van der Waals surface area (Å²) in [6.45, 7) is 4.16. The first-order valence-electron chi connectivity index (χ1n) is 8.40. The van der Waals surface area contributed by atoms with Gasteiger partial charge in [0.15, 0.2) is 0 Å². The van der Waals surface area contributed by atoms with Gasteiger partial charge < -0.3 is 5.32 Å². The van der Waals surface area contributed by atoms with Gasteiger partial charge in [-0.2, -0.15) is 17.0 Å². The lowest BCUT2D eigenvalue weighted by atomic mass is 9.94. The minimum absolute atomic E-state index is 0.166. The predicted octanol–water partition coefficient (Wildman–Crippen LogP) is 2.87. The summed E-state index contributed by atoms with van der Waals surface area (Å²) in [6.07, 6.45) is 4.22. The number of halogens is 1. The van der Waals surface area contributed by atoms with Gasteiger partial charge in [0.1, 0.15) is 0 Å². The van der Waals surface area contributed by atoms with Gasteiger partial charge in [-0.25, -0.2) is 0 Å². The summed E-state index contributed by atoms with van der Waals surface area (Å²) < 4.78 is 28.1. The van der Waals surface area contributed by atoms with E-state index in [1.807, 2.05) is 12.1 Å². The Balaban J connectivity index is 1.86. The third kappa shape index (κ3) is 5.17. The molecule has 24 heavy (non-hydrogen) atoms. The summed E-state index contributed by atoms with van der Waals surface area (Å²) in [4.78, 5) is 0. The second-order valence-corrected chi connectivity index (χ2v) is 9.49. The van der Waals surface area contributed by atoms with Crippen LogP contribution >= 0.6 is 11.6 Å². The fraction of sp³-hybridized carbons (Fsp3) is 0.647. The van der Waals surface area contributed by atoms with Crippen LogP contribution in [0, 0.1) is 0 Å². The third-order valence-corrected chi connectivity index (χ3v) is 6.90. The first-order valence-corrected chi connectivity index (χ1v) is 10.2. The van der Waals surface area contributed by atoms with Crippen LogP contribution in [0.3, 0.4) is 0 Å². The van der Waals surface area contributed by atoms with E-state index in [9.17, 15) is 8.42 Å². The molecule has 7 heteroatoms. The van der Waals surface area contributed by atoms with Gasteiger partial charge in [0, 0.05) is 37.7 Å². The van der Waals surface area contributed by atoms with Gasteiger partial charge in [0.05, 0.1) is 0 Å². The quantitative estimate of drug-likeness (QED) is 0.762. The van der Waals surface area contributed by atoms with Crippen molar-refractivity contribution >= 4 is 21.8 Å². The highest BCUT2D eigenvalue weighted by molar-refractivity contribution is 7.86. The fourth-order valence-corrected chi connectivity index (χ4v) is 4.42. The van der Waals surface area contributed by atoms with Crippen LogP contribution in [0.15, 0.2) is 24.3 Å². The summed E-state index contributed by atoms with van der Waals surface area (Å²) in [5.41, 5.74) is 1.08. The van der Waals surface area contributed by atoms with Crippen LogP contribution in [-0.4, -0.2) is 49.8 Å². The lowest BCUT2D eigenvalue weighted by Crippen LogP contribution is -2.41. The van der Waals surface area contributed by atoms with Crippen LogP contribution < -0.4 is 5.32 Å². The van der Waals surface area contributed by atoms with Gasteiger partial charge in [0.25, 0.3) is 10.2 Å². The Morgan fingerprint density at radius 3 is 2.46 bits per heavy atom. The Bertz CT molecular complexity index is 628. The molecule has 1 saturated heterocycles. The molecule has 5 nitrogen and oxygen atoms in total. The molecule has 0 spiro atoms. The van der Waals surface area contributed by atoms with E-state index >= 15 is 0 Å². The van der Waals surface area contributed by atoms with Gasteiger partial charge in [-0.05, 0) is 56.8 Å². The summed E-state index contributed by atoms with van der Waals surface area (Å²) in [6, 6.07) is 7.24. The smallest absolute Gasteiger partial charge is 0.281 e. The van der Waals surface area contributed by atoms with E-state index in [1.165, 1.54) is 21.5 Å². The van der Waals surface area contributed by atoms with E-state index in [-0.39, 0.29) is 5.54 Å². The summed E-state index contributed by atoms with van der Waals surface area (Å²) in [5.74, 6) is 0. The molecule has 1 heterocycles. The molecule has 136 valence electrons. The second-order valence-electron chi connectivity index (χ2n) is 6.91. The minimum Gasteiger partial charge on any atom is -0.312 e. The van der Waals surface area contributed by atoms with Crippen LogP contribution in [0.5, 0.6) is 0 Å². The van der Waals surface area contributed by atoms with Crippen molar-refractivity contribution in [3.63, 3.8) is 0 Å². The highest BCUT2D eigenvalue weighted by Gasteiger charge is 2.28. The molecule has 2 rings (SSSR count). The number of nitrogens with zero attached hydrogens (tertiary/aromatic N) is 2. The zero-order valence-electron chi connectivity index (χ0n) is 14.8. The molecule has 0 aliphatic carbocycles. The van der Waals surface area contributed by atoms with Crippen molar-refractivity contribution in [3.05, 3.63) is 34.9 Å². The fourth-order valence-electron chi connectivity index (χ4n) is 3.14. The maximum atomic E-state index is 12.6. The Kier molecular flexibility index (Phi) is 6.67. The Morgan fingerprint density at radius 1 is 1.21 bits per heavy atom. The molecular formula is C17H28ClN3O2S. The van der Waals surface area contributed by atoms with E-state index in [1.54, 1.807) is 26.2 Å². The summed E-state index contributed by atoms with van der Waals surface area (Å²) >= 11 is 5.87. The number of hydrogen-bond donors (Lipinski definition) is 1. The average molecular weight is 374 g/mol. The molecular weight excluding hydrogens is 346 g/mol. The molecule has 1 aromatic carbocycles. The van der Waals surface area contributed by atoms with E-state index in [0.717, 1.165) is 24.9 Å². The van der Waals surface area contributed by atoms with Gasteiger partial charge in [-0.15, -0.1) is 0 Å². The SMILES string of the molecule is CN(CCC[C@]1(C)CCCN1)S(=O)(=O)N(C)Cc1ccc(Cl)cc1. The maximum absolute atomic E-state index is 12.6. The van der Waals surface area contributed by atoms with Crippen LogP contribution in [-0.2, 0) is 16.8 Å². The molecule has 0 radical (unpaired) electrons. The highest BCUT2D eigenvalue weighted by Crippen LogP contribution is 2.24. The molecule has 1 N–H and O–H groups in total. The second kappa shape index (κ2) is 8.15. The number of benzene rings is 1. The molecule has 0 aromatic heterocycles. The first kappa shape index (κ1) is 19.7. The van der Waals surface area contributed by atoms with Crippen molar-refractivity contribution in [2.75, 3.05) is 27.2 Å². The molecule has 0 unspecified atom stereocenters. The highest BCUT2D eigenvalue weighted by atomic mass is 35.5. The summed E-state index contributed by atoms with van der Waals surface area (Å²) in [5, 5.41) is 4.16. The number of nitrogens with one attached hydrogen (secondary N) is 1. The summed E-state index contributed by atoms with van der Waals surface area (Å²) in [7, 11) is -0.187. The molecule has 1 aliphatic heterocycles. The molecule has 0 bridgehead atoms. The van der Waals surface area contributed by atoms with Crippen molar-refractivity contribution in [1.29, 1.82) is 0 Å². The average Bonchev–Trinajstić information content (AvgIpc) is 2.96. The van der Waals surface area contributed by atoms with Crippen molar-refractivity contribution < 1.29 is 8.42 Å². The van der Waals surface area contributed by atoms with Crippen molar-refractivity contribution in [2.24, 2.45) is 0 Å². The molecule has 1 aromatic rings. The van der Waals surface area contributed by atoms with Gasteiger partial charge >= 0.3 is 0 Å². The predicted molar refractivity (Wildman–Crippen MR) is 99.3 cm³/mol. The Morgan fingerprint density at radius 2 is 1.88 bits per heavy atom. The van der Waals surface area contributed by atoms with Crippen molar-refractivity contribution in [2.45, 2.75) is 44.7 Å². The topological polar surface area (TPSA) is 52.7 Å². The lowest BCUT2D eigenvalue weighted by Gasteiger charge is -2.27. The lowest BCUT2D eigenvalue weighted by molar-refractivity contribution is 0.338. The largest absolute Gasteiger partial charge is 0.312 e. The zero-order valence-corrected chi connectivity index (χ0v) is 16.3. The monoisotopic (exact) mass is 373 g/mol. The third-order valence-electron chi connectivity index (χ3n) is 4.76. The standard InChI is InChI=1S/C17H28ClN3O2S/c1-17(10-4-12-19-17)11-5-13-20(2)24(22,23)21(3)14-15-6-8-16(18)9-7-15/h6-9,19H,4-5,10-14H2,1-3H3/t17-/m0/s1. The first-order chi connectivity index (χ1) is 11.2. The van der Waals surface area contributed by atoms with Crippen molar-refractivity contribution in [3.8, 4) is 0 Å². The van der Waals surface area contributed by atoms with E-state index in [2.05, 4.69) is 12.2 Å². The number of hydrogen-bond acceptors (Lipinski definition) is 3. The normalized spacial score (nSPS) is 21.8. The minimum atomic E-state index is -3.45. The van der Waals surface area contributed by atoms with E-state index in [0.29, 0.717) is 18.1 Å². The van der Waals surface area contributed by atoms with Crippen LogP contribution in [0.4, 0.5) is 0 Å². The van der Waals surface area contributed by atoms with Crippen LogP contribution in [0.2, 0.25) is 5.02 Å². The number of rotatable bonds is 8. The Labute approximate surface area is 151 Å². The zero-order chi connectivity index (χ0) is 17.8. The van der Waals surface area contributed by atoms with E-state index in [4.69, 9.17) is 11.6 Å². The van der Waals surface area contributed by atoms with Crippen LogP contribution in [0.1, 0.15) is 38.2 Å². The molecule has 1 fully saturated rings. The maximum Gasteiger partial charge on any atom is 0.281 e. The molecule has 1 atom stereocenters. The molecule has 0 saturated carbocycles. The van der Waals surface area contributed by atoms with Gasteiger partial charge in [-0.1, -0.05) is 23.7 Å². The van der Waals surface area contributed by atoms with Crippen LogP contribution in [0.25, 0.3) is 0 Å². The Hall–Kier alpha value is -0.660. The molecule has 0 amide bonds.